The van der Waals surface area contributed by atoms with Crippen LogP contribution in [0.25, 0.3) is 0 Å². The van der Waals surface area contributed by atoms with Crippen molar-refractivity contribution in [2.75, 3.05) is 19.6 Å². The van der Waals surface area contributed by atoms with E-state index in [9.17, 15) is 22.4 Å². The lowest BCUT2D eigenvalue weighted by molar-refractivity contribution is -0.192. The van der Waals surface area contributed by atoms with E-state index in [1.165, 1.54) is 25.0 Å². The fraction of sp³-hybridized carbons (Fsp3) is 0.652. The normalized spacial score (nSPS) is 27.7. The van der Waals surface area contributed by atoms with Gasteiger partial charge in [0.15, 0.2) is 0 Å². The number of carbonyl (C=O) groups excluding carboxylic acids is 1. The number of amides is 1. The van der Waals surface area contributed by atoms with Gasteiger partial charge in [0, 0.05) is 26.2 Å². The van der Waals surface area contributed by atoms with Gasteiger partial charge in [0.1, 0.15) is 11.9 Å². The molecule has 3 unspecified atom stereocenters. The minimum absolute atomic E-state index is 0.0784. The molecule has 0 aromatic heterocycles. The van der Waals surface area contributed by atoms with Crippen LogP contribution in [0.1, 0.15) is 44.6 Å². The number of piperidine rings is 1. The first-order chi connectivity index (χ1) is 15.5. The quantitative estimate of drug-likeness (QED) is 0.636. The van der Waals surface area contributed by atoms with E-state index in [0.29, 0.717) is 11.8 Å². The summed E-state index contributed by atoms with van der Waals surface area (Å²) in [5.74, 6) is -1.78. The predicted octanol–water partition coefficient (Wildman–Crippen LogP) is 3.74. The summed E-state index contributed by atoms with van der Waals surface area (Å²) in [6.07, 6.45) is -0.103. The molecule has 1 aromatic rings. The highest BCUT2D eigenvalue weighted by Gasteiger charge is 2.48. The number of hydrogen-bond donors (Lipinski definition) is 2. The molecule has 1 amide bonds. The zero-order valence-electron chi connectivity index (χ0n) is 18.5. The number of carbonyl (C=O) groups is 2. The topological polar surface area (TPSA) is 78.9 Å². The standard InChI is InChI=1S/C21H29FN2O2.C2HF3O2/c1-15-13-24(14-17-4-6-18(22)7-5-17)11-10-21(15)9-8-19(26-21)20(25)23-12-16-2-3-16;3-2(4,5)1(6)7/h4-7,15-16,19H,2-3,8-14H2,1H3,(H,23,25);(H,6,7). The summed E-state index contributed by atoms with van der Waals surface area (Å²) in [6, 6.07) is 6.76. The fourth-order valence-corrected chi connectivity index (χ4v) is 4.42. The predicted molar refractivity (Wildman–Crippen MR) is 112 cm³/mol. The van der Waals surface area contributed by atoms with Crippen molar-refractivity contribution in [2.24, 2.45) is 11.8 Å². The number of nitrogens with zero attached hydrogens (tertiary/aromatic N) is 1. The largest absolute Gasteiger partial charge is 0.490 e. The summed E-state index contributed by atoms with van der Waals surface area (Å²) < 4.78 is 51.1. The number of aliphatic carboxylic acids is 1. The molecule has 2 aliphatic heterocycles. The smallest absolute Gasteiger partial charge is 0.475 e. The maximum atomic E-state index is 13.1. The minimum Gasteiger partial charge on any atom is -0.475 e. The number of likely N-dealkylation sites (tertiary alicyclic amines) is 1. The molecule has 184 valence electrons. The number of alkyl halides is 3. The van der Waals surface area contributed by atoms with Crippen molar-refractivity contribution in [1.82, 2.24) is 10.2 Å². The molecule has 3 aliphatic rings. The lowest BCUT2D eigenvalue weighted by Gasteiger charge is -2.44. The molecular weight excluding hydrogens is 444 g/mol. The van der Waals surface area contributed by atoms with Crippen molar-refractivity contribution in [2.45, 2.75) is 63.5 Å². The van der Waals surface area contributed by atoms with Crippen LogP contribution in [-0.2, 0) is 20.9 Å². The van der Waals surface area contributed by atoms with Crippen molar-refractivity contribution < 1.29 is 37.0 Å². The zero-order valence-corrected chi connectivity index (χ0v) is 18.5. The third-order valence-corrected chi connectivity index (χ3v) is 6.60. The Hall–Kier alpha value is -2.20. The number of rotatable bonds is 5. The Labute approximate surface area is 190 Å². The van der Waals surface area contributed by atoms with E-state index in [2.05, 4.69) is 17.1 Å². The van der Waals surface area contributed by atoms with Gasteiger partial charge in [-0.1, -0.05) is 19.1 Å². The van der Waals surface area contributed by atoms with Crippen LogP contribution in [0.4, 0.5) is 17.6 Å². The molecule has 0 radical (unpaired) electrons. The first-order valence-corrected chi connectivity index (χ1v) is 11.2. The van der Waals surface area contributed by atoms with Crippen molar-refractivity contribution in [1.29, 1.82) is 0 Å². The summed E-state index contributed by atoms with van der Waals surface area (Å²) in [5.41, 5.74) is 0.986. The summed E-state index contributed by atoms with van der Waals surface area (Å²) >= 11 is 0. The second kappa shape index (κ2) is 10.4. The van der Waals surface area contributed by atoms with E-state index in [-0.39, 0.29) is 23.4 Å². The molecule has 2 saturated heterocycles. The Morgan fingerprint density at radius 3 is 2.36 bits per heavy atom. The molecule has 6 nitrogen and oxygen atoms in total. The average Bonchev–Trinajstić information content (AvgIpc) is 3.48. The van der Waals surface area contributed by atoms with E-state index in [1.807, 2.05) is 12.1 Å². The van der Waals surface area contributed by atoms with Crippen molar-refractivity contribution in [3.63, 3.8) is 0 Å². The van der Waals surface area contributed by atoms with Crippen LogP contribution in [0.2, 0.25) is 0 Å². The van der Waals surface area contributed by atoms with Crippen molar-refractivity contribution in [3.05, 3.63) is 35.6 Å². The van der Waals surface area contributed by atoms with E-state index >= 15 is 0 Å². The van der Waals surface area contributed by atoms with Crippen LogP contribution >= 0.6 is 0 Å². The maximum Gasteiger partial charge on any atom is 0.490 e. The Balaban J connectivity index is 0.000000383. The van der Waals surface area contributed by atoms with E-state index in [0.717, 1.165) is 51.0 Å². The lowest BCUT2D eigenvalue weighted by atomic mass is 9.80. The molecule has 1 saturated carbocycles. The molecular formula is C23H30F4N2O4. The molecule has 10 heteroatoms. The first kappa shape index (κ1) is 25.4. The molecule has 3 fully saturated rings. The number of carboxylic acid groups (broad SMARTS) is 1. The van der Waals surface area contributed by atoms with Crippen LogP contribution in [-0.4, -0.2) is 59.4 Å². The third kappa shape index (κ3) is 7.14. The Morgan fingerprint density at radius 2 is 1.82 bits per heavy atom. The average molecular weight is 474 g/mol. The molecule has 1 aliphatic carbocycles. The van der Waals surface area contributed by atoms with Crippen LogP contribution in [0, 0.1) is 17.7 Å². The highest BCUT2D eigenvalue weighted by atomic mass is 19.4. The van der Waals surface area contributed by atoms with Gasteiger partial charge < -0.3 is 15.2 Å². The Morgan fingerprint density at radius 1 is 1.18 bits per heavy atom. The Bertz CT molecular complexity index is 829. The van der Waals surface area contributed by atoms with Gasteiger partial charge in [-0.05, 0) is 61.6 Å². The van der Waals surface area contributed by atoms with Gasteiger partial charge in [0.2, 0.25) is 5.91 Å². The van der Waals surface area contributed by atoms with Crippen molar-refractivity contribution >= 4 is 11.9 Å². The number of benzene rings is 1. The SMILES string of the molecule is CC1CN(Cc2ccc(F)cc2)CCC12CCC(C(=O)NCC1CC1)O2.O=C(O)C(F)(F)F. The van der Waals surface area contributed by atoms with Crippen LogP contribution in [0.3, 0.4) is 0 Å². The third-order valence-electron chi connectivity index (χ3n) is 6.60. The van der Waals surface area contributed by atoms with Crippen LogP contribution in [0.5, 0.6) is 0 Å². The fourth-order valence-electron chi connectivity index (χ4n) is 4.42. The first-order valence-electron chi connectivity index (χ1n) is 11.2. The molecule has 0 bridgehead atoms. The van der Waals surface area contributed by atoms with Crippen LogP contribution < -0.4 is 5.32 Å². The van der Waals surface area contributed by atoms with E-state index < -0.39 is 12.1 Å². The summed E-state index contributed by atoms with van der Waals surface area (Å²) in [5, 5.41) is 10.2. The number of nitrogens with one attached hydrogen (secondary N) is 1. The number of carboxylic acids is 1. The van der Waals surface area contributed by atoms with Gasteiger partial charge in [-0.25, -0.2) is 9.18 Å². The Kier molecular flexibility index (Phi) is 8.00. The van der Waals surface area contributed by atoms with E-state index in [1.54, 1.807) is 0 Å². The lowest BCUT2D eigenvalue weighted by Crippen LogP contribution is -2.51. The van der Waals surface area contributed by atoms with Gasteiger partial charge >= 0.3 is 12.1 Å². The molecule has 3 atom stereocenters. The molecule has 33 heavy (non-hydrogen) atoms. The zero-order chi connectivity index (χ0) is 24.2. The number of ether oxygens (including phenoxy) is 1. The second-order valence-electron chi connectivity index (χ2n) is 9.21. The molecule has 4 rings (SSSR count). The van der Waals surface area contributed by atoms with Gasteiger partial charge in [-0.15, -0.1) is 0 Å². The summed E-state index contributed by atoms with van der Waals surface area (Å²) in [4.78, 5) is 23.7. The van der Waals surface area contributed by atoms with Crippen molar-refractivity contribution in [3.8, 4) is 0 Å². The monoisotopic (exact) mass is 474 g/mol. The minimum atomic E-state index is -5.08. The summed E-state index contributed by atoms with van der Waals surface area (Å²) in [6.45, 7) is 5.80. The van der Waals surface area contributed by atoms with Gasteiger partial charge in [0.25, 0.3) is 0 Å². The second-order valence-corrected chi connectivity index (χ2v) is 9.21. The number of hydrogen-bond acceptors (Lipinski definition) is 4. The molecule has 2 heterocycles. The van der Waals surface area contributed by atoms with Gasteiger partial charge in [-0.2, -0.15) is 13.2 Å². The molecule has 2 N–H and O–H groups in total. The molecule has 1 aromatic carbocycles. The van der Waals surface area contributed by atoms with E-state index in [4.69, 9.17) is 14.6 Å². The highest BCUT2D eigenvalue weighted by Crippen LogP contribution is 2.42. The van der Waals surface area contributed by atoms with Gasteiger partial charge in [-0.3, -0.25) is 9.69 Å². The highest BCUT2D eigenvalue weighted by molar-refractivity contribution is 5.81. The van der Waals surface area contributed by atoms with Gasteiger partial charge in [0.05, 0.1) is 5.60 Å². The number of halogens is 4. The summed E-state index contributed by atoms with van der Waals surface area (Å²) in [7, 11) is 0. The maximum absolute atomic E-state index is 13.1. The van der Waals surface area contributed by atoms with Crippen LogP contribution in [0.15, 0.2) is 24.3 Å². The molecule has 1 spiro atoms.